The number of hydrogen-bond acceptors (Lipinski definition) is 4. The molecule has 0 radical (unpaired) electrons. The van der Waals surface area contributed by atoms with Gasteiger partial charge in [-0.25, -0.2) is 0 Å². The van der Waals surface area contributed by atoms with Gasteiger partial charge in [0.25, 0.3) is 0 Å². The van der Waals surface area contributed by atoms with Crippen LogP contribution < -0.4 is 4.74 Å². The van der Waals surface area contributed by atoms with Crippen molar-refractivity contribution < 1.29 is 19.1 Å². The van der Waals surface area contributed by atoms with Gasteiger partial charge in [-0.3, -0.25) is 9.59 Å². The molecule has 1 aliphatic heterocycles. The second-order valence-corrected chi connectivity index (χ2v) is 5.73. The highest BCUT2D eigenvalue weighted by atomic mass is 16.5. The molecular weight excluding hydrogens is 292 g/mol. The van der Waals surface area contributed by atoms with Crippen molar-refractivity contribution in [2.45, 2.75) is 26.4 Å². The number of carbonyl (C=O) groups excluding carboxylic acids is 2. The topological polar surface area (TPSA) is 52.6 Å². The molecule has 1 atom stereocenters. The molecule has 0 saturated carbocycles. The van der Waals surface area contributed by atoms with Crippen molar-refractivity contribution in [3.63, 3.8) is 0 Å². The maximum atomic E-state index is 12.7. The van der Waals surface area contributed by atoms with Crippen LogP contribution in [0.4, 0.5) is 0 Å². The summed E-state index contributed by atoms with van der Waals surface area (Å²) in [5.74, 6) is 0.299. The summed E-state index contributed by atoms with van der Waals surface area (Å²) in [4.78, 5) is 23.6. The molecule has 0 unspecified atom stereocenters. The van der Waals surface area contributed by atoms with E-state index in [1.165, 1.54) is 6.92 Å². The summed E-state index contributed by atoms with van der Waals surface area (Å²) in [7, 11) is 0. The number of carbonyl (C=O) groups is 2. The third kappa shape index (κ3) is 3.11. The van der Waals surface area contributed by atoms with Crippen molar-refractivity contribution in [3.8, 4) is 5.75 Å². The predicted molar refractivity (Wildman–Crippen MR) is 85.7 cm³/mol. The van der Waals surface area contributed by atoms with E-state index in [0.717, 1.165) is 11.1 Å². The van der Waals surface area contributed by atoms with E-state index in [9.17, 15) is 9.59 Å². The van der Waals surface area contributed by atoms with E-state index in [-0.39, 0.29) is 17.7 Å². The SMILES string of the molecule is CC(=O)OC[C@H](C)c1ccc2c(c1)OCc1ccccc1C2=O. The molecule has 0 spiro atoms. The monoisotopic (exact) mass is 310 g/mol. The normalized spacial score (nSPS) is 14.1. The molecule has 1 aliphatic rings. The van der Waals surface area contributed by atoms with Gasteiger partial charge in [-0.1, -0.05) is 37.3 Å². The first-order valence-electron chi connectivity index (χ1n) is 7.59. The minimum atomic E-state index is -0.298. The van der Waals surface area contributed by atoms with Crippen LogP contribution in [-0.4, -0.2) is 18.4 Å². The molecule has 0 aromatic heterocycles. The molecule has 4 nitrogen and oxygen atoms in total. The number of rotatable bonds is 3. The maximum absolute atomic E-state index is 12.7. The number of hydrogen-bond donors (Lipinski definition) is 0. The van der Waals surface area contributed by atoms with Crippen molar-refractivity contribution in [2.75, 3.05) is 6.61 Å². The highest BCUT2D eigenvalue weighted by molar-refractivity contribution is 6.12. The minimum Gasteiger partial charge on any atom is -0.488 e. The summed E-state index contributed by atoms with van der Waals surface area (Å²) in [5.41, 5.74) is 3.12. The van der Waals surface area contributed by atoms with Gasteiger partial charge in [-0.15, -0.1) is 0 Å². The first-order chi connectivity index (χ1) is 11.1. The van der Waals surface area contributed by atoms with E-state index >= 15 is 0 Å². The van der Waals surface area contributed by atoms with E-state index in [1.807, 2.05) is 43.3 Å². The highest BCUT2D eigenvalue weighted by Crippen LogP contribution is 2.31. The molecule has 3 rings (SSSR count). The van der Waals surface area contributed by atoms with Crippen molar-refractivity contribution in [3.05, 3.63) is 64.7 Å². The molecule has 118 valence electrons. The molecule has 0 amide bonds. The standard InChI is InChI=1S/C19H18O4/c1-12(10-22-13(2)20)14-7-8-17-18(9-14)23-11-15-5-3-4-6-16(15)19(17)21/h3-9,12H,10-11H2,1-2H3/t12-/m0/s1. The van der Waals surface area contributed by atoms with Crippen LogP contribution in [0.1, 0.15) is 46.8 Å². The van der Waals surface area contributed by atoms with Crippen molar-refractivity contribution in [1.29, 1.82) is 0 Å². The zero-order valence-corrected chi connectivity index (χ0v) is 13.2. The van der Waals surface area contributed by atoms with Crippen LogP contribution >= 0.6 is 0 Å². The second kappa shape index (κ2) is 6.24. The first kappa shape index (κ1) is 15.3. The molecule has 0 saturated heterocycles. The Morgan fingerprint density at radius 2 is 2.00 bits per heavy atom. The lowest BCUT2D eigenvalue weighted by Gasteiger charge is -2.14. The Kier molecular flexibility index (Phi) is 4.15. The van der Waals surface area contributed by atoms with Gasteiger partial charge in [-0.05, 0) is 17.7 Å². The fraction of sp³-hybridized carbons (Fsp3) is 0.263. The van der Waals surface area contributed by atoms with Crippen LogP contribution in [-0.2, 0) is 16.1 Å². The summed E-state index contributed by atoms with van der Waals surface area (Å²) in [6.45, 7) is 4.04. The molecular formula is C19H18O4. The van der Waals surface area contributed by atoms with E-state index in [4.69, 9.17) is 9.47 Å². The molecule has 0 fully saturated rings. The van der Waals surface area contributed by atoms with Crippen LogP contribution in [0.3, 0.4) is 0 Å². The fourth-order valence-electron chi connectivity index (χ4n) is 2.66. The third-order valence-corrected chi connectivity index (χ3v) is 4.00. The summed E-state index contributed by atoms with van der Waals surface area (Å²) in [5, 5.41) is 0. The number of fused-ring (bicyclic) bond motifs is 2. The van der Waals surface area contributed by atoms with Crippen LogP contribution in [0.5, 0.6) is 5.75 Å². The fourth-order valence-corrected chi connectivity index (χ4v) is 2.66. The maximum Gasteiger partial charge on any atom is 0.302 e. The van der Waals surface area contributed by atoms with Crippen LogP contribution in [0, 0.1) is 0 Å². The Balaban J connectivity index is 1.90. The Labute approximate surface area is 135 Å². The lowest BCUT2D eigenvalue weighted by atomic mass is 9.95. The zero-order chi connectivity index (χ0) is 16.4. The van der Waals surface area contributed by atoms with E-state index in [2.05, 4.69) is 0 Å². The molecule has 0 N–H and O–H groups in total. The van der Waals surface area contributed by atoms with E-state index in [1.54, 1.807) is 6.07 Å². The van der Waals surface area contributed by atoms with Gasteiger partial charge >= 0.3 is 5.97 Å². The van der Waals surface area contributed by atoms with Gasteiger partial charge in [0.2, 0.25) is 0 Å². The van der Waals surface area contributed by atoms with Gasteiger partial charge in [0.15, 0.2) is 5.78 Å². The van der Waals surface area contributed by atoms with Gasteiger partial charge < -0.3 is 9.47 Å². The van der Waals surface area contributed by atoms with Gasteiger partial charge in [-0.2, -0.15) is 0 Å². The van der Waals surface area contributed by atoms with Gasteiger partial charge in [0.05, 0.1) is 12.2 Å². The number of esters is 1. The minimum absolute atomic E-state index is 0.0210. The second-order valence-electron chi connectivity index (χ2n) is 5.73. The van der Waals surface area contributed by atoms with Crippen LogP contribution in [0.2, 0.25) is 0 Å². The highest BCUT2D eigenvalue weighted by Gasteiger charge is 2.22. The molecule has 0 aliphatic carbocycles. The Morgan fingerprint density at radius 3 is 2.78 bits per heavy atom. The Hall–Kier alpha value is -2.62. The van der Waals surface area contributed by atoms with Crippen molar-refractivity contribution >= 4 is 11.8 Å². The average molecular weight is 310 g/mol. The summed E-state index contributed by atoms with van der Waals surface area (Å²) >= 11 is 0. The summed E-state index contributed by atoms with van der Waals surface area (Å²) in [6.07, 6.45) is 0. The molecule has 0 bridgehead atoms. The largest absolute Gasteiger partial charge is 0.488 e. The number of ether oxygens (including phenoxy) is 2. The average Bonchev–Trinajstić information content (AvgIpc) is 2.70. The smallest absolute Gasteiger partial charge is 0.302 e. The molecule has 1 heterocycles. The third-order valence-electron chi connectivity index (χ3n) is 4.00. The van der Waals surface area contributed by atoms with E-state index < -0.39 is 0 Å². The number of ketones is 1. The van der Waals surface area contributed by atoms with Crippen molar-refractivity contribution in [2.24, 2.45) is 0 Å². The molecule has 4 heteroatoms. The lowest BCUT2D eigenvalue weighted by Crippen LogP contribution is -2.09. The van der Waals surface area contributed by atoms with Crippen molar-refractivity contribution in [1.82, 2.24) is 0 Å². The van der Waals surface area contributed by atoms with E-state index in [0.29, 0.717) is 30.1 Å². The molecule has 23 heavy (non-hydrogen) atoms. The van der Waals surface area contributed by atoms with Crippen LogP contribution in [0.25, 0.3) is 0 Å². The lowest BCUT2D eigenvalue weighted by molar-refractivity contribution is -0.141. The van der Waals surface area contributed by atoms with Gasteiger partial charge in [0.1, 0.15) is 12.4 Å². The van der Waals surface area contributed by atoms with Gasteiger partial charge in [0, 0.05) is 24.0 Å². The molecule has 2 aromatic rings. The van der Waals surface area contributed by atoms with Crippen LogP contribution in [0.15, 0.2) is 42.5 Å². The first-order valence-corrected chi connectivity index (χ1v) is 7.59. The predicted octanol–water partition coefficient (Wildman–Crippen LogP) is 3.48. The summed E-state index contributed by atoms with van der Waals surface area (Å²) < 4.78 is 10.9. The summed E-state index contributed by atoms with van der Waals surface area (Å²) in [6, 6.07) is 13.0. The number of benzene rings is 2. The quantitative estimate of drug-likeness (QED) is 0.815. The Bertz CT molecular complexity index is 764. The zero-order valence-electron chi connectivity index (χ0n) is 13.2. The Morgan fingerprint density at radius 1 is 1.22 bits per heavy atom. The molecule has 2 aromatic carbocycles.